The van der Waals surface area contributed by atoms with E-state index in [0.717, 1.165) is 38.5 Å². The van der Waals surface area contributed by atoms with Crippen LogP contribution in [-0.4, -0.2) is 23.4 Å². The second-order valence-corrected chi connectivity index (χ2v) is 3.62. The van der Waals surface area contributed by atoms with Crippen molar-refractivity contribution < 1.29 is 10.2 Å². The third kappa shape index (κ3) is 11.7. The Morgan fingerprint density at radius 1 is 0.571 bits per heavy atom. The van der Waals surface area contributed by atoms with Gasteiger partial charge in [0.05, 0.1) is 0 Å². The van der Waals surface area contributed by atoms with Crippen molar-refractivity contribution >= 4 is 0 Å². The Labute approximate surface area is 87.7 Å². The van der Waals surface area contributed by atoms with Gasteiger partial charge in [0.25, 0.3) is 0 Å². The van der Waals surface area contributed by atoms with Crippen molar-refractivity contribution in [3.05, 3.63) is 12.2 Å². The van der Waals surface area contributed by atoms with Gasteiger partial charge >= 0.3 is 0 Å². The molecule has 0 atom stereocenters. The van der Waals surface area contributed by atoms with Gasteiger partial charge in [-0.3, -0.25) is 0 Å². The van der Waals surface area contributed by atoms with Crippen LogP contribution in [0.2, 0.25) is 0 Å². The van der Waals surface area contributed by atoms with Gasteiger partial charge in [0.2, 0.25) is 0 Å². The van der Waals surface area contributed by atoms with Crippen molar-refractivity contribution in [2.24, 2.45) is 0 Å². The second-order valence-electron chi connectivity index (χ2n) is 3.62. The van der Waals surface area contributed by atoms with Crippen LogP contribution in [0.15, 0.2) is 12.2 Å². The van der Waals surface area contributed by atoms with Crippen LogP contribution in [0, 0.1) is 0 Å². The van der Waals surface area contributed by atoms with Gasteiger partial charge in [-0.2, -0.15) is 0 Å². The van der Waals surface area contributed by atoms with Crippen molar-refractivity contribution in [1.82, 2.24) is 0 Å². The molecule has 2 nitrogen and oxygen atoms in total. The average molecular weight is 200 g/mol. The Bertz CT molecular complexity index is 107. The molecule has 0 aliphatic heterocycles. The number of hydrogen-bond donors (Lipinski definition) is 2. The highest BCUT2D eigenvalue weighted by molar-refractivity contribution is 4.81. The summed E-state index contributed by atoms with van der Waals surface area (Å²) in [5.74, 6) is 0. The number of aliphatic hydroxyl groups is 2. The van der Waals surface area contributed by atoms with Crippen LogP contribution >= 0.6 is 0 Å². The summed E-state index contributed by atoms with van der Waals surface area (Å²) < 4.78 is 0. The fourth-order valence-corrected chi connectivity index (χ4v) is 1.34. The van der Waals surface area contributed by atoms with E-state index in [0.29, 0.717) is 13.2 Å². The topological polar surface area (TPSA) is 40.5 Å². The molecule has 0 aliphatic rings. The summed E-state index contributed by atoms with van der Waals surface area (Å²) in [4.78, 5) is 0. The molecular weight excluding hydrogens is 176 g/mol. The third-order valence-electron chi connectivity index (χ3n) is 2.22. The van der Waals surface area contributed by atoms with Crippen LogP contribution in [0.25, 0.3) is 0 Å². The van der Waals surface area contributed by atoms with Crippen molar-refractivity contribution in [3.8, 4) is 0 Å². The monoisotopic (exact) mass is 200 g/mol. The van der Waals surface area contributed by atoms with Gasteiger partial charge < -0.3 is 10.2 Å². The zero-order valence-corrected chi connectivity index (χ0v) is 9.12. The molecule has 0 rings (SSSR count). The molecule has 2 N–H and O–H groups in total. The number of hydrogen-bond acceptors (Lipinski definition) is 2. The fourth-order valence-electron chi connectivity index (χ4n) is 1.34. The summed E-state index contributed by atoms with van der Waals surface area (Å²) in [5.41, 5.74) is 0. The second kappa shape index (κ2) is 12.7. The smallest absolute Gasteiger partial charge is 0.0431 e. The lowest BCUT2D eigenvalue weighted by atomic mass is 10.1. The largest absolute Gasteiger partial charge is 0.396 e. The predicted molar refractivity (Wildman–Crippen MR) is 60.2 cm³/mol. The lowest BCUT2D eigenvalue weighted by Gasteiger charge is -1.95. The first-order valence-corrected chi connectivity index (χ1v) is 5.78. The fraction of sp³-hybridized carbons (Fsp3) is 0.833. The van der Waals surface area contributed by atoms with E-state index in [1.807, 2.05) is 0 Å². The number of rotatable bonds is 10. The summed E-state index contributed by atoms with van der Waals surface area (Å²) in [6.45, 7) is 0.649. The van der Waals surface area contributed by atoms with Crippen LogP contribution in [0.5, 0.6) is 0 Å². The normalized spacial score (nSPS) is 11.3. The van der Waals surface area contributed by atoms with Gasteiger partial charge in [-0.05, 0) is 38.5 Å². The minimum Gasteiger partial charge on any atom is -0.396 e. The first-order valence-electron chi connectivity index (χ1n) is 5.78. The van der Waals surface area contributed by atoms with E-state index in [9.17, 15) is 0 Å². The van der Waals surface area contributed by atoms with Gasteiger partial charge in [-0.15, -0.1) is 0 Å². The molecule has 0 heterocycles. The Balaban J connectivity index is 2.96. The molecule has 0 saturated heterocycles. The molecule has 0 amide bonds. The van der Waals surface area contributed by atoms with Gasteiger partial charge in [0, 0.05) is 13.2 Å². The molecule has 0 unspecified atom stereocenters. The summed E-state index contributed by atoms with van der Waals surface area (Å²) in [6, 6.07) is 0. The van der Waals surface area contributed by atoms with E-state index < -0.39 is 0 Å². The molecule has 0 saturated carbocycles. The Morgan fingerprint density at radius 2 is 1.00 bits per heavy atom. The number of unbranched alkanes of at least 4 members (excludes halogenated alkanes) is 6. The summed E-state index contributed by atoms with van der Waals surface area (Å²) >= 11 is 0. The summed E-state index contributed by atoms with van der Waals surface area (Å²) in [6.07, 6.45) is 13.2. The Hall–Kier alpha value is -0.340. The SMILES string of the molecule is OCCCCCC=CCCCCCO. The van der Waals surface area contributed by atoms with E-state index >= 15 is 0 Å². The molecule has 0 bridgehead atoms. The van der Waals surface area contributed by atoms with Crippen LogP contribution in [0.3, 0.4) is 0 Å². The third-order valence-corrected chi connectivity index (χ3v) is 2.22. The number of allylic oxidation sites excluding steroid dienone is 2. The molecule has 0 radical (unpaired) electrons. The minimum absolute atomic E-state index is 0.324. The molecule has 0 aromatic rings. The molecule has 0 spiro atoms. The van der Waals surface area contributed by atoms with Gasteiger partial charge in [-0.25, -0.2) is 0 Å². The molecule has 0 aromatic carbocycles. The predicted octanol–water partition coefficient (Wildman–Crippen LogP) is 2.65. The molecule has 0 aromatic heterocycles. The van der Waals surface area contributed by atoms with E-state index in [1.165, 1.54) is 12.8 Å². The maximum atomic E-state index is 8.55. The highest BCUT2D eigenvalue weighted by Gasteiger charge is 1.86. The van der Waals surface area contributed by atoms with Gasteiger partial charge in [-0.1, -0.05) is 25.0 Å². The lowest BCUT2D eigenvalue weighted by Crippen LogP contribution is -1.82. The first-order chi connectivity index (χ1) is 6.91. The highest BCUT2D eigenvalue weighted by atomic mass is 16.3. The standard InChI is InChI=1S/C12H24O2/c13-11-9-7-5-3-1-2-4-6-8-10-12-14/h1-2,13-14H,3-12H2. The quantitative estimate of drug-likeness (QED) is 0.420. The van der Waals surface area contributed by atoms with E-state index in [4.69, 9.17) is 10.2 Å². The van der Waals surface area contributed by atoms with E-state index in [2.05, 4.69) is 12.2 Å². The molecular formula is C12H24O2. The van der Waals surface area contributed by atoms with E-state index in [-0.39, 0.29) is 0 Å². The zero-order chi connectivity index (χ0) is 10.5. The maximum Gasteiger partial charge on any atom is 0.0431 e. The van der Waals surface area contributed by atoms with Crippen LogP contribution < -0.4 is 0 Å². The van der Waals surface area contributed by atoms with Gasteiger partial charge in [0.15, 0.2) is 0 Å². The molecule has 14 heavy (non-hydrogen) atoms. The average Bonchev–Trinajstić information content (AvgIpc) is 2.21. The Kier molecular flexibility index (Phi) is 12.4. The van der Waals surface area contributed by atoms with Crippen LogP contribution in [0.4, 0.5) is 0 Å². The maximum absolute atomic E-state index is 8.55. The Morgan fingerprint density at radius 3 is 1.36 bits per heavy atom. The summed E-state index contributed by atoms with van der Waals surface area (Å²) in [7, 11) is 0. The van der Waals surface area contributed by atoms with Crippen LogP contribution in [0.1, 0.15) is 51.4 Å². The van der Waals surface area contributed by atoms with Crippen molar-refractivity contribution in [2.45, 2.75) is 51.4 Å². The first kappa shape index (κ1) is 13.7. The number of aliphatic hydroxyl groups excluding tert-OH is 2. The van der Waals surface area contributed by atoms with Crippen molar-refractivity contribution in [3.63, 3.8) is 0 Å². The van der Waals surface area contributed by atoms with Gasteiger partial charge in [0.1, 0.15) is 0 Å². The van der Waals surface area contributed by atoms with Crippen molar-refractivity contribution in [1.29, 1.82) is 0 Å². The highest BCUT2D eigenvalue weighted by Crippen LogP contribution is 2.03. The van der Waals surface area contributed by atoms with Crippen LogP contribution in [-0.2, 0) is 0 Å². The summed E-state index contributed by atoms with van der Waals surface area (Å²) in [5, 5.41) is 17.1. The lowest BCUT2D eigenvalue weighted by molar-refractivity contribution is 0.283. The zero-order valence-electron chi connectivity index (χ0n) is 9.12. The van der Waals surface area contributed by atoms with Crippen molar-refractivity contribution in [2.75, 3.05) is 13.2 Å². The molecule has 2 heteroatoms. The molecule has 0 aliphatic carbocycles. The van der Waals surface area contributed by atoms with E-state index in [1.54, 1.807) is 0 Å². The molecule has 0 fully saturated rings. The molecule has 84 valence electrons. The minimum atomic E-state index is 0.324.